The molecule has 4 rings (SSSR count). The van der Waals surface area contributed by atoms with E-state index in [1.54, 1.807) is 33.7 Å². The summed E-state index contributed by atoms with van der Waals surface area (Å²) < 4.78 is -0.764. The van der Waals surface area contributed by atoms with Crippen LogP contribution in [-0.4, -0.2) is 85.8 Å². The summed E-state index contributed by atoms with van der Waals surface area (Å²) in [6.07, 6.45) is 6.39. The number of nitrogens with zero attached hydrogens (tertiary/aromatic N) is 3. The average Bonchev–Trinajstić information content (AvgIpc) is 3.55. The molecule has 2 bridgehead atoms. The van der Waals surface area contributed by atoms with E-state index in [2.05, 4.69) is 49.9 Å². The van der Waals surface area contributed by atoms with Crippen molar-refractivity contribution in [2.45, 2.75) is 73.4 Å². The molecule has 1 N–H and O–H groups in total. The summed E-state index contributed by atoms with van der Waals surface area (Å²) in [6, 6.07) is 8.21. The Hall–Kier alpha value is -2.10. The highest BCUT2D eigenvalue weighted by atomic mass is 79.9. The van der Waals surface area contributed by atoms with Gasteiger partial charge in [0.05, 0.1) is 29.2 Å². The van der Waals surface area contributed by atoms with Crippen LogP contribution in [0.15, 0.2) is 55.6 Å². The van der Waals surface area contributed by atoms with Crippen molar-refractivity contribution in [3.05, 3.63) is 55.6 Å². The van der Waals surface area contributed by atoms with Crippen molar-refractivity contribution >= 4 is 51.1 Å². The van der Waals surface area contributed by atoms with Crippen LogP contribution in [0.1, 0.15) is 46.5 Å². The zero-order valence-corrected chi connectivity index (χ0v) is 26.9. The Labute approximate surface area is 257 Å². The highest BCUT2D eigenvalue weighted by molar-refractivity contribution is 9.09. The number of hydrogen-bond acceptors (Lipinski definition) is 5. The Bertz CT molecular complexity index is 1130. The SMILES string of the molecule is C=CCN(CCCC)C(=O)C1N([C@@H](CO)CC(C)C)C(=O)[C@@H]2[C@H](C(=O)N(CC=C)c3ccccc3)[C@H]3SC12CC3Br. The molecule has 3 aliphatic rings. The lowest BCUT2D eigenvalue weighted by Crippen LogP contribution is -2.58. The van der Waals surface area contributed by atoms with E-state index in [-0.39, 0.29) is 40.3 Å². The molecular weight excluding hydrogens is 602 g/mol. The van der Waals surface area contributed by atoms with E-state index in [0.29, 0.717) is 32.5 Å². The van der Waals surface area contributed by atoms with Crippen molar-refractivity contribution in [1.29, 1.82) is 0 Å². The number of fused-ring (bicyclic) bond motifs is 1. The number of aliphatic hydroxyl groups is 1. The fraction of sp³-hybridized carbons (Fsp3) is 0.594. The van der Waals surface area contributed by atoms with E-state index in [0.717, 1.165) is 18.5 Å². The Kier molecular flexibility index (Phi) is 10.5. The summed E-state index contributed by atoms with van der Waals surface area (Å²) in [5, 5.41) is 10.4. The fourth-order valence-electron chi connectivity index (χ4n) is 7.05. The maximum atomic E-state index is 14.6. The van der Waals surface area contributed by atoms with Crippen LogP contribution in [0.25, 0.3) is 0 Å². The number of halogens is 1. The Balaban J connectivity index is 1.82. The monoisotopic (exact) mass is 645 g/mol. The Morgan fingerprint density at radius 2 is 1.88 bits per heavy atom. The first-order valence-electron chi connectivity index (χ1n) is 14.8. The first-order valence-corrected chi connectivity index (χ1v) is 16.6. The molecule has 0 aliphatic carbocycles. The number of carbonyl (C=O) groups is 3. The number of anilines is 1. The number of amides is 3. The minimum Gasteiger partial charge on any atom is -0.394 e. The van der Waals surface area contributed by atoms with Gasteiger partial charge in [0.25, 0.3) is 0 Å². The number of benzene rings is 1. The first-order chi connectivity index (χ1) is 19.7. The van der Waals surface area contributed by atoms with Gasteiger partial charge in [0.15, 0.2) is 0 Å². The van der Waals surface area contributed by atoms with E-state index in [1.807, 2.05) is 35.2 Å². The van der Waals surface area contributed by atoms with E-state index >= 15 is 0 Å². The number of unbranched alkanes of at least 4 members (excludes halogenated alkanes) is 1. The molecule has 3 aliphatic heterocycles. The van der Waals surface area contributed by atoms with Gasteiger partial charge < -0.3 is 19.8 Å². The lowest BCUT2D eigenvalue weighted by atomic mass is 9.70. The second kappa shape index (κ2) is 13.5. The van der Waals surface area contributed by atoms with E-state index in [1.165, 1.54) is 0 Å². The van der Waals surface area contributed by atoms with Crippen LogP contribution < -0.4 is 4.90 Å². The maximum absolute atomic E-state index is 14.6. The number of rotatable bonds is 14. The van der Waals surface area contributed by atoms with Crippen molar-refractivity contribution in [2.75, 3.05) is 31.1 Å². The van der Waals surface area contributed by atoms with Gasteiger partial charge in [0.2, 0.25) is 17.7 Å². The maximum Gasteiger partial charge on any atom is 0.247 e. The van der Waals surface area contributed by atoms with Crippen LogP contribution in [0.3, 0.4) is 0 Å². The molecule has 0 saturated carbocycles. The van der Waals surface area contributed by atoms with Gasteiger partial charge in [-0.25, -0.2) is 0 Å². The molecule has 224 valence electrons. The third kappa shape index (κ3) is 5.78. The predicted molar refractivity (Wildman–Crippen MR) is 170 cm³/mol. The zero-order valence-electron chi connectivity index (χ0n) is 24.5. The number of thioether (sulfide) groups is 1. The number of likely N-dealkylation sites (tertiary alicyclic amines) is 1. The summed E-state index contributed by atoms with van der Waals surface area (Å²) in [5.74, 6) is -1.46. The standard InChI is InChI=1S/C32H44BrN3O4S/c1-6-9-17-34(15-7-2)31(40)28-32-19-24(33)27(41-32)25(26(32)30(39)36(28)23(20-37)18-21(4)5)29(38)35(16-8-3)22-13-11-10-12-14-22/h7-8,10-14,21,23-28,37H,2-3,6,9,15-20H2,1,4-5H3/t23-,24?,25+,26+,27+,28?,32?/m1/s1. The van der Waals surface area contributed by atoms with E-state index in [4.69, 9.17) is 0 Å². The molecule has 9 heteroatoms. The molecule has 41 heavy (non-hydrogen) atoms. The number of hydrogen-bond donors (Lipinski definition) is 1. The number of carbonyl (C=O) groups excluding carboxylic acids is 3. The molecule has 3 fully saturated rings. The topological polar surface area (TPSA) is 81.2 Å². The Morgan fingerprint density at radius 1 is 1.20 bits per heavy atom. The lowest BCUT2D eigenvalue weighted by Gasteiger charge is -2.40. The summed E-state index contributed by atoms with van der Waals surface area (Å²) in [4.78, 5) is 48.8. The molecule has 1 aromatic rings. The van der Waals surface area contributed by atoms with Gasteiger partial charge in [-0.3, -0.25) is 14.4 Å². The van der Waals surface area contributed by atoms with Crippen molar-refractivity contribution in [2.24, 2.45) is 17.8 Å². The van der Waals surface area contributed by atoms with Gasteiger partial charge in [0, 0.05) is 35.4 Å². The molecule has 7 atom stereocenters. The van der Waals surface area contributed by atoms with E-state index in [9.17, 15) is 19.5 Å². The van der Waals surface area contributed by atoms with Crippen molar-refractivity contribution in [3.8, 4) is 0 Å². The third-order valence-electron chi connectivity index (χ3n) is 8.68. The second-order valence-electron chi connectivity index (χ2n) is 11.9. The molecule has 0 radical (unpaired) electrons. The van der Waals surface area contributed by atoms with Crippen molar-refractivity contribution < 1.29 is 19.5 Å². The van der Waals surface area contributed by atoms with Crippen LogP contribution in [0, 0.1) is 17.8 Å². The van der Waals surface area contributed by atoms with Crippen LogP contribution >= 0.6 is 27.7 Å². The number of aliphatic hydroxyl groups excluding tert-OH is 1. The molecule has 0 aromatic heterocycles. The molecule has 1 aromatic carbocycles. The summed E-state index contributed by atoms with van der Waals surface area (Å²) in [6.45, 7) is 15.0. The van der Waals surface area contributed by atoms with Gasteiger partial charge in [-0.2, -0.15) is 0 Å². The normalized spacial score (nSPS) is 29.0. The van der Waals surface area contributed by atoms with Gasteiger partial charge >= 0.3 is 0 Å². The summed E-state index contributed by atoms with van der Waals surface area (Å²) in [7, 11) is 0. The molecule has 3 amide bonds. The summed E-state index contributed by atoms with van der Waals surface area (Å²) in [5.41, 5.74) is 0.755. The predicted octanol–water partition coefficient (Wildman–Crippen LogP) is 4.89. The average molecular weight is 647 g/mol. The highest BCUT2D eigenvalue weighted by Crippen LogP contribution is 2.68. The van der Waals surface area contributed by atoms with Gasteiger partial charge in [-0.15, -0.1) is 24.9 Å². The van der Waals surface area contributed by atoms with Crippen molar-refractivity contribution in [1.82, 2.24) is 9.80 Å². The zero-order chi connectivity index (χ0) is 29.9. The second-order valence-corrected chi connectivity index (χ2v) is 14.6. The van der Waals surface area contributed by atoms with Crippen LogP contribution in [0.4, 0.5) is 5.69 Å². The van der Waals surface area contributed by atoms with Crippen LogP contribution in [0.2, 0.25) is 0 Å². The third-order valence-corrected chi connectivity index (χ3v) is 11.9. The molecule has 3 saturated heterocycles. The largest absolute Gasteiger partial charge is 0.394 e. The van der Waals surface area contributed by atoms with Gasteiger partial charge in [0.1, 0.15) is 6.04 Å². The molecule has 3 unspecified atom stereocenters. The molecule has 1 spiro atoms. The minimum atomic E-state index is -0.764. The minimum absolute atomic E-state index is 0.0247. The first kappa shape index (κ1) is 31.8. The quantitative estimate of drug-likeness (QED) is 0.230. The van der Waals surface area contributed by atoms with E-state index < -0.39 is 28.7 Å². The number of para-hydroxylation sites is 1. The number of alkyl halides is 1. The summed E-state index contributed by atoms with van der Waals surface area (Å²) >= 11 is 5.51. The molecule has 3 heterocycles. The van der Waals surface area contributed by atoms with Crippen molar-refractivity contribution in [3.63, 3.8) is 0 Å². The highest BCUT2D eigenvalue weighted by Gasteiger charge is 2.76. The lowest BCUT2D eigenvalue weighted by molar-refractivity contribution is -0.146. The van der Waals surface area contributed by atoms with Gasteiger partial charge in [-0.1, -0.05) is 73.5 Å². The fourth-order valence-corrected chi connectivity index (χ4v) is 10.6. The molecular formula is C32H44BrN3O4S. The van der Waals surface area contributed by atoms with Gasteiger partial charge in [-0.05, 0) is 37.3 Å². The van der Waals surface area contributed by atoms with Crippen LogP contribution in [-0.2, 0) is 14.4 Å². The smallest absolute Gasteiger partial charge is 0.247 e. The Morgan fingerprint density at radius 3 is 2.46 bits per heavy atom. The van der Waals surface area contributed by atoms with Crippen LogP contribution in [0.5, 0.6) is 0 Å². The molecule has 7 nitrogen and oxygen atoms in total.